The first kappa shape index (κ1) is 20.5. The molecule has 0 saturated heterocycles. The van der Waals surface area contributed by atoms with Crippen LogP contribution in [0.2, 0.25) is 0 Å². The van der Waals surface area contributed by atoms with Crippen LogP contribution in [-0.4, -0.2) is 5.11 Å². The van der Waals surface area contributed by atoms with Crippen LogP contribution >= 0.6 is 0 Å². The maximum atomic E-state index is 11.8. The van der Waals surface area contributed by atoms with Crippen molar-refractivity contribution in [2.75, 3.05) is 0 Å². The molecule has 0 aliphatic heterocycles. The summed E-state index contributed by atoms with van der Waals surface area (Å²) in [6, 6.07) is 0. The molecule has 0 spiro atoms. The topological polar surface area (TPSA) is 50.4 Å². The maximum Gasteiger partial charge on any atom is 0.342 e. The van der Waals surface area contributed by atoms with E-state index in [1.165, 1.54) is 19.3 Å². The Morgan fingerprint density at radius 2 is 1.75 bits per heavy atom. The van der Waals surface area contributed by atoms with Crippen LogP contribution < -0.4 is 5.63 Å². The molecular weight excluding hydrogens is 300 g/mol. The predicted molar refractivity (Wildman–Crippen MR) is 101 cm³/mol. The molecule has 0 unspecified atom stereocenters. The molecule has 0 bridgehead atoms. The average Bonchev–Trinajstić information content (AvgIpc) is 2.48. The van der Waals surface area contributed by atoms with E-state index in [4.69, 9.17) is 4.42 Å². The van der Waals surface area contributed by atoms with E-state index in [2.05, 4.69) is 33.8 Å². The Morgan fingerprint density at radius 3 is 2.33 bits per heavy atom. The smallest absolute Gasteiger partial charge is 0.342 e. The molecule has 0 aliphatic carbocycles. The number of hydrogen-bond donors (Lipinski definition) is 1. The van der Waals surface area contributed by atoms with Crippen LogP contribution in [0, 0.1) is 31.6 Å². The Labute approximate surface area is 146 Å². The lowest BCUT2D eigenvalue weighted by atomic mass is 9.87. The standard InChI is InChI=1S/C21H34O3/c1-8-9-13(2)10-14(3)11-15(4)12-16(5)20-17(6)19(22)18(7)21(23)24-20/h12-15,22H,8-11H2,1-7H3/t13-,14-,15-/m0/s1. The van der Waals surface area contributed by atoms with Gasteiger partial charge in [-0.1, -0.05) is 46.6 Å². The van der Waals surface area contributed by atoms with Gasteiger partial charge in [0.1, 0.15) is 11.5 Å². The Hall–Kier alpha value is -1.51. The molecule has 1 rings (SSSR count). The summed E-state index contributed by atoms with van der Waals surface area (Å²) in [5.74, 6) is 2.40. The molecule has 0 aliphatic rings. The van der Waals surface area contributed by atoms with E-state index in [0.29, 0.717) is 23.2 Å². The third-order valence-corrected chi connectivity index (χ3v) is 4.80. The largest absolute Gasteiger partial charge is 0.507 e. The molecule has 0 fully saturated rings. The minimum absolute atomic E-state index is 0.0448. The van der Waals surface area contributed by atoms with Crippen molar-refractivity contribution >= 4 is 5.57 Å². The van der Waals surface area contributed by atoms with Crippen molar-refractivity contribution in [3.8, 4) is 5.75 Å². The SMILES string of the molecule is CCC[C@H](C)C[C@H](C)C[C@H](C)C=C(C)c1oc(=O)c(C)c(O)c1C. The third-order valence-electron chi connectivity index (χ3n) is 4.80. The van der Waals surface area contributed by atoms with Crippen LogP contribution in [0.3, 0.4) is 0 Å². The van der Waals surface area contributed by atoms with Crippen molar-refractivity contribution in [1.82, 2.24) is 0 Å². The van der Waals surface area contributed by atoms with Gasteiger partial charge in [0.15, 0.2) is 0 Å². The summed E-state index contributed by atoms with van der Waals surface area (Å²) in [6.07, 6.45) is 7.07. The van der Waals surface area contributed by atoms with E-state index < -0.39 is 5.63 Å². The molecule has 1 heterocycles. The Bertz CT molecular complexity index is 625. The van der Waals surface area contributed by atoms with Gasteiger partial charge in [0, 0.05) is 5.56 Å². The van der Waals surface area contributed by atoms with E-state index in [9.17, 15) is 9.90 Å². The van der Waals surface area contributed by atoms with E-state index in [1.807, 2.05) is 6.92 Å². The molecule has 1 aromatic heterocycles. The van der Waals surface area contributed by atoms with Crippen molar-refractivity contribution in [3.63, 3.8) is 0 Å². The molecule has 0 radical (unpaired) electrons. The van der Waals surface area contributed by atoms with E-state index in [1.54, 1.807) is 13.8 Å². The zero-order valence-electron chi connectivity index (χ0n) is 16.4. The first-order valence-electron chi connectivity index (χ1n) is 9.19. The van der Waals surface area contributed by atoms with Crippen LogP contribution in [0.5, 0.6) is 5.75 Å². The molecule has 1 aromatic rings. The van der Waals surface area contributed by atoms with Crippen LogP contribution in [-0.2, 0) is 0 Å². The van der Waals surface area contributed by atoms with Gasteiger partial charge in [0.25, 0.3) is 0 Å². The zero-order valence-corrected chi connectivity index (χ0v) is 16.4. The van der Waals surface area contributed by atoms with Crippen molar-refractivity contribution in [2.24, 2.45) is 17.8 Å². The van der Waals surface area contributed by atoms with Gasteiger partial charge in [-0.2, -0.15) is 0 Å². The molecule has 3 nitrogen and oxygen atoms in total. The molecule has 136 valence electrons. The van der Waals surface area contributed by atoms with E-state index in [0.717, 1.165) is 17.9 Å². The van der Waals surface area contributed by atoms with Crippen molar-refractivity contribution in [1.29, 1.82) is 0 Å². The molecule has 0 aromatic carbocycles. The fraction of sp³-hybridized carbons (Fsp3) is 0.667. The van der Waals surface area contributed by atoms with Gasteiger partial charge in [-0.05, 0) is 56.9 Å². The first-order chi connectivity index (χ1) is 11.2. The molecule has 24 heavy (non-hydrogen) atoms. The summed E-state index contributed by atoms with van der Waals surface area (Å²) in [5, 5.41) is 10.1. The lowest BCUT2D eigenvalue weighted by Gasteiger charge is -2.19. The van der Waals surface area contributed by atoms with Crippen molar-refractivity contribution in [2.45, 2.75) is 74.1 Å². The maximum absolute atomic E-state index is 11.8. The van der Waals surface area contributed by atoms with Gasteiger partial charge < -0.3 is 9.52 Å². The molecule has 3 atom stereocenters. The summed E-state index contributed by atoms with van der Waals surface area (Å²) in [6.45, 7) is 14.4. The molecule has 1 N–H and O–H groups in total. The second-order valence-corrected chi connectivity index (χ2v) is 7.61. The Morgan fingerprint density at radius 1 is 1.12 bits per heavy atom. The minimum Gasteiger partial charge on any atom is -0.507 e. The van der Waals surface area contributed by atoms with Gasteiger partial charge >= 0.3 is 5.63 Å². The summed E-state index contributed by atoms with van der Waals surface area (Å²) >= 11 is 0. The highest BCUT2D eigenvalue weighted by molar-refractivity contribution is 5.64. The lowest BCUT2D eigenvalue weighted by molar-refractivity contribution is 0.353. The summed E-state index contributed by atoms with van der Waals surface area (Å²) < 4.78 is 5.40. The van der Waals surface area contributed by atoms with Gasteiger partial charge in [-0.25, -0.2) is 4.79 Å². The lowest BCUT2D eigenvalue weighted by Crippen LogP contribution is -2.08. The number of rotatable bonds is 8. The van der Waals surface area contributed by atoms with Gasteiger partial charge in [0.05, 0.1) is 5.56 Å². The third kappa shape index (κ3) is 5.54. The van der Waals surface area contributed by atoms with Crippen molar-refractivity contribution < 1.29 is 9.52 Å². The normalized spacial score (nSPS) is 16.0. The van der Waals surface area contributed by atoms with Gasteiger partial charge in [0.2, 0.25) is 0 Å². The highest BCUT2D eigenvalue weighted by Gasteiger charge is 2.16. The van der Waals surface area contributed by atoms with Gasteiger partial charge in [-0.3, -0.25) is 0 Å². The molecule has 0 amide bonds. The monoisotopic (exact) mass is 334 g/mol. The average molecular weight is 335 g/mol. The van der Waals surface area contributed by atoms with E-state index >= 15 is 0 Å². The summed E-state index contributed by atoms with van der Waals surface area (Å²) in [5.41, 5.74) is 1.37. The van der Waals surface area contributed by atoms with E-state index in [-0.39, 0.29) is 11.3 Å². The summed E-state index contributed by atoms with van der Waals surface area (Å²) in [7, 11) is 0. The highest BCUT2D eigenvalue weighted by atomic mass is 16.4. The van der Waals surface area contributed by atoms with Crippen molar-refractivity contribution in [3.05, 3.63) is 33.4 Å². The summed E-state index contributed by atoms with van der Waals surface area (Å²) in [4.78, 5) is 11.8. The van der Waals surface area contributed by atoms with Crippen LogP contribution in [0.25, 0.3) is 5.57 Å². The van der Waals surface area contributed by atoms with Crippen LogP contribution in [0.4, 0.5) is 0 Å². The first-order valence-corrected chi connectivity index (χ1v) is 9.19. The zero-order chi connectivity index (χ0) is 18.4. The number of aromatic hydroxyl groups is 1. The van der Waals surface area contributed by atoms with Crippen LogP contribution in [0.1, 0.15) is 77.2 Å². The fourth-order valence-corrected chi connectivity index (χ4v) is 3.71. The number of hydrogen-bond acceptors (Lipinski definition) is 3. The molecule has 0 saturated carbocycles. The number of allylic oxidation sites excluding steroid dienone is 2. The molecular formula is C21H34O3. The molecule has 3 heteroatoms. The fourth-order valence-electron chi connectivity index (χ4n) is 3.71. The second kappa shape index (κ2) is 9.10. The Balaban J connectivity index is 2.84. The highest BCUT2D eigenvalue weighted by Crippen LogP contribution is 2.29. The van der Waals surface area contributed by atoms with Crippen LogP contribution in [0.15, 0.2) is 15.3 Å². The quantitative estimate of drug-likeness (QED) is 0.648. The predicted octanol–water partition coefficient (Wildman–Crippen LogP) is 5.85. The Kier molecular flexibility index (Phi) is 7.78. The second-order valence-electron chi connectivity index (χ2n) is 7.61. The minimum atomic E-state index is -0.463. The van der Waals surface area contributed by atoms with Gasteiger partial charge in [-0.15, -0.1) is 0 Å².